The van der Waals surface area contributed by atoms with Crippen LogP contribution >= 0.6 is 11.8 Å². The second-order valence-corrected chi connectivity index (χ2v) is 9.85. The van der Waals surface area contributed by atoms with E-state index in [-0.39, 0.29) is 23.0 Å². The molecule has 0 bridgehead atoms. The van der Waals surface area contributed by atoms with Gasteiger partial charge < -0.3 is 5.32 Å². The van der Waals surface area contributed by atoms with E-state index in [4.69, 9.17) is 5.14 Å². The van der Waals surface area contributed by atoms with Gasteiger partial charge in [0, 0.05) is 23.4 Å². The fraction of sp³-hybridized carbons (Fsp3) is 0.333. The first-order chi connectivity index (χ1) is 13.5. The predicted octanol–water partition coefficient (Wildman–Crippen LogP) is 3.01. The van der Waals surface area contributed by atoms with Crippen LogP contribution in [0.5, 0.6) is 0 Å². The number of nitrogens with one attached hydrogen (secondary N) is 1. The van der Waals surface area contributed by atoms with Gasteiger partial charge in [-0.15, -0.1) is 11.8 Å². The highest BCUT2D eigenvalue weighted by molar-refractivity contribution is 7.98. The van der Waals surface area contributed by atoms with Crippen molar-refractivity contribution >= 4 is 33.5 Å². The van der Waals surface area contributed by atoms with E-state index in [0.29, 0.717) is 18.5 Å². The van der Waals surface area contributed by atoms with Gasteiger partial charge in [0.25, 0.3) is 0 Å². The summed E-state index contributed by atoms with van der Waals surface area (Å²) in [4.78, 5) is 26.2. The fourth-order valence-corrected chi connectivity index (χ4v) is 3.69. The summed E-state index contributed by atoms with van der Waals surface area (Å²) in [6.07, 6.45) is 2.62. The molecule has 0 radical (unpaired) electrons. The molecule has 0 saturated carbocycles. The number of carbonyl (C=O) groups is 2. The molecule has 6 nitrogen and oxygen atoms in total. The largest absolute Gasteiger partial charge is 0.355 e. The van der Waals surface area contributed by atoms with Crippen molar-refractivity contribution in [2.24, 2.45) is 10.6 Å². The molecule has 0 aliphatic carbocycles. The van der Waals surface area contributed by atoms with E-state index in [2.05, 4.69) is 5.32 Å². The Bertz CT molecular complexity index is 967. The van der Waals surface area contributed by atoms with Gasteiger partial charge in [0.15, 0.2) is 5.78 Å². The number of hydrogen-bond acceptors (Lipinski definition) is 5. The zero-order chi connectivity index (χ0) is 21.7. The van der Waals surface area contributed by atoms with Crippen LogP contribution in [0.15, 0.2) is 58.3 Å². The van der Waals surface area contributed by atoms with Crippen molar-refractivity contribution in [3.05, 3.63) is 59.7 Å². The van der Waals surface area contributed by atoms with E-state index < -0.39 is 15.4 Å². The average Bonchev–Trinajstić information content (AvgIpc) is 2.67. The van der Waals surface area contributed by atoms with Gasteiger partial charge >= 0.3 is 0 Å². The topological polar surface area (TPSA) is 106 Å². The van der Waals surface area contributed by atoms with Gasteiger partial charge in [-0.05, 0) is 42.5 Å². The number of Topliss-reactive ketones (excluding diaryl/α,β-unsaturated/α-hetero) is 1. The van der Waals surface area contributed by atoms with Crippen molar-refractivity contribution in [2.75, 3.05) is 12.8 Å². The molecule has 2 aromatic carbocycles. The van der Waals surface area contributed by atoms with E-state index in [0.717, 1.165) is 10.5 Å². The number of rotatable bonds is 9. The van der Waals surface area contributed by atoms with Crippen LogP contribution in [0.3, 0.4) is 0 Å². The summed E-state index contributed by atoms with van der Waals surface area (Å²) in [7, 11) is -3.71. The maximum atomic E-state index is 12.5. The van der Waals surface area contributed by atoms with Crippen molar-refractivity contribution in [3.63, 3.8) is 0 Å². The third-order valence-corrected chi connectivity index (χ3v) is 6.25. The lowest BCUT2D eigenvalue weighted by molar-refractivity contribution is -0.129. The Kier molecular flexibility index (Phi) is 7.62. The number of sulfonamides is 1. The molecular weight excluding hydrogens is 408 g/mol. The second kappa shape index (κ2) is 9.56. The van der Waals surface area contributed by atoms with E-state index in [1.807, 2.05) is 18.4 Å². The summed E-state index contributed by atoms with van der Waals surface area (Å²) < 4.78 is 22.5. The first-order valence-electron chi connectivity index (χ1n) is 9.10. The number of nitrogens with two attached hydrogens (primary N) is 1. The third-order valence-electron chi connectivity index (χ3n) is 4.58. The number of hydrogen-bond donors (Lipinski definition) is 2. The Morgan fingerprint density at radius 1 is 1.03 bits per heavy atom. The molecule has 29 heavy (non-hydrogen) atoms. The summed E-state index contributed by atoms with van der Waals surface area (Å²) >= 11 is 1.60. The number of carbonyl (C=O) groups excluding carboxylic acids is 2. The first-order valence-corrected chi connectivity index (χ1v) is 11.9. The lowest BCUT2D eigenvalue weighted by Crippen LogP contribution is -2.39. The number of primary sulfonamides is 1. The minimum absolute atomic E-state index is 0.0514. The van der Waals surface area contributed by atoms with Gasteiger partial charge in [-0.2, -0.15) is 0 Å². The number of ketones is 1. The van der Waals surface area contributed by atoms with Crippen molar-refractivity contribution < 1.29 is 18.0 Å². The summed E-state index contributed by atoms with van der Waals surface area (Å²) in [5.41, 5.74) is 0.631. The van der Waals surface area contributed by atoms with E-state index in [1.165, 1.54) is 12.1 Å². The van der Waals surface area contributed by atoms with E-state index in [1.54, 1.807) is 49.9 Å². The minimum Gasteiger partial charge on any atom is -0.355 e. The highest BCUT2D eigenvalue weighted by Crippen LogP contribution is 2.24. The van der Waals surface area contributed by atoms with Crippen LogP contribution < -0.4 is 10.5 Å². The van der Waals surface area contributed by atoms with Gasteiger partial charge in [0.1, 0.15) is 0 Å². The predicted molar refractivity (Wildman–Crippen MR) is 115 cm³/mol. The summed E-state index contributed by atoms with van der Waals surface area (Å²) in [6, 6.07) is 13.6. The Morgan fingerprint density at radius 3 is 2.14 bits per heavy atom. The van der Waals surface area contributed by atoms with Crippen molar-refractivity contribution in [3.8, 4) is 0 Å². The number of thioether (sulfide) groups is 1. The fourth-order valence-electron chi connectivity index (χ4n) is 2.77. The standard InChI is InChI=1S/C21H26N2O4S2/c1-21(2,14-19(24)16-6-8-17(28-3)9-7-16)20(25)23-13-12-15-4-10-18(11-5-15)29(22,26)27/h4-11H,12-14H2,1-3H3,(H,23,25)(H2,22,26,27). The maximum Gasteiger partial charge on any atom is 0.238 e. The van der Waals surface area contributed by atoms with Crippen LogP contribution in [-0.4, -0.2) is 32.9 Å². The molecule has 0 saturated heterocycles. The Hall–Kier alpha value is -2.16. The summed E-state index contributed by atoms with van der Waals surface area (Å²) in [5, 5.41) is 7.93. The Balaban J connectivity index is 1.88. The third kappa shape index (κ3) is 6.69. The van der Waals surface area contributed by atoms with Crippen LogP contribution in [-0.2, 0) is 21.2 Å². The highest BCUT2D eigenvalue weighted by atomic mass is 32.2. The molecule has 3 N–H and O–H groups in total. The van der Waals surface area contributed by atoms with Crippen LogP contribution in [0.25, 0.3) is 0 Å². The molecule has 0 unspecified atom stereocenters. The first kappa shape index (κ1) is 23.1. The molecule has 2 aromatic rings. The Labute approximate surface area is 176 Å². The van der Waals surface area contributed by atoms with Crippen LogP contribution in [0.2, 0.25) is 0 Å². The number of amides is 1. The average molecular weight is 435 g/mol. The van der Waals surface area contributed by atoms with Gasteiger partial charge in [0.05, 0.1) is 10.3 Å². The zero-order valence-electron chi connectivity index (χ0n) is 16.8. The number of benzene rings is 2. The summed E-state index contributed by atoms with van der Waals surface area (Å²) in [5.74, 6) is -0.274. The molecule has 0 aliphatic heterocycles. The van der Waals surface area contributed by atoms with Gasteiger partial charge in [-0.25, -0.2) is 13.6 Å². The SMILES string of the molecule is CSc1ccc(C(=O)CC(C)(C)C(=O)NCCc2ccc(S(N)(=O)=O)cc2)cc1. The molecule has 8 heteroatoms. The zero-order valence-corrected chi connectivity index (χ0v) is 18.4. The van der Waals surface area contributed by atoms with Gasteiger partial charge in [-0.1, -0.05) is 38.1 Å². The molecule has 0 fully saturated rings. The molecule has 0 atom stereocenters. The van der Waals surface area contributed by atoms with E-state index >= 15 is 0 Å². The van der Waals surface area contributed by atoms with Crippen LogP contribution in [0, 0.1) is 5.41 Å². The second-order valence-electron chi connectivity index (χ2n) is 7.41. The molecule has 0 spiro atoms. The monoisotopic (exact) mass is 434 g/mol. The quantitative estimate of drug-likeness (QED) is 0.466. The molecule has 0 aromatic heterocycles. The van der Waals surface area contributed by atoms with Crippen molar-refractivity contribution in [2.45, 2.75) is 36.5 Å². The lowest BCUT2D eigenvalue weighted by Gasteiger charge is -2.23. The summed E-state index contributed by atoms with van der Waals surface area (Å²) in [6.45, 7) is 3.88. The highest BCUT2D eigenvalue weighted by Gasteiger charge is 2.30. The molecule has 2 rings (SSSR count). The van der Waals surface area contributed by atoms with Crippen molar-refractivity contribution in [1.82, 2.24) is 5.32 Å². The Morgan fingerprint density at radius 2 is 1.62 bits per heavy atom. The van der Waals surface area contributed by atoms with E-state index in [9.17, 15) is 18.0 Å². The molecule has 0 aliphatic rings. The smallest absolute Gasteiger partial charge is 0.238 e. The lowest BCUT2D eigenvalue weighted by atomic mass is 9.84. The van der Waals surface area contributed by atoms with Crippen LogP contribution in [0.4, 0.5) is 0 Å². The van der Waals surface area contributed by atoms with Crippen LogP contribution in [0.1, 0.15) is 36.2 Å². The minimum atomic E-state index is -3.71. The molecular formula is C21H26N2O4S2. The van der Waals surface area contributed by atoms with Crippen molar-refractivity contribution in [1.29, 1.82) is 0 Å². The normalized spacial score (nSPS) is 11.9. The van der Waals surface area contributed by atoms with Gasteiger partial charge in [-0.3, -0.25) is 9.59 Å². The maximum absolute atomic E-state index is 12.5. The van der Waals surface area contributed by atoms with Gasteiger partial charge in [0.2, 0.25) is 15.9 Å². The molecule has 1 amide bonds. The molecule has 0 heterocycles. The molecule has 156 valence electrons.